The molecule has 0 aliphatic heterocycles. The fourth-order valence-corrected chi connectivity index (χ4v) is 3.69. The van der Waals surface area contributed by atoms with Crippen molar-refractivity contribution < 1.29 is 9.53 Å². The van der Waals surface area contributed by atoms with Gasteiger partial charge in [-0.05, 0) is 42.0 Å². The Labute approximate surface area is 149 Å². The van der Waals surface area contributed by atoms with Crippen molar-refractivity contribution in [1.29, 1.82) is 0 Å². The second-order valence-corrected chi connectivity index (χ2v) is 6.59. The lowest BCUT2D eigenvalue weighted by atomic mass is 10.0. The lowest BCUT2D eigenvalue weighted by molar-refractivity contribution is 0.102. The number of benzene rings is 3. The Morgan fingerprint density at radius 1 is 1.12 bits per heavy atom. The molecule has 0 bridgehead atoms. The molecule has 0 aliphatic carbocycles. The van der Waals surface area contributed by atoms with E-state index in [4.69, 9.17) is 4.74 Å². The van der Waals surface area contributed by atoms with Gasteiger partial charge in [0.15, 0.2) is 5.13 Å². The summed E-state index contributed by atoms with van der Waals surface area (Å²) in [6.45, 7) is 2.57. The lowest BCUT2D eigenvalue weighted by Gasteiger charge is -2.05. The first-order valence-electron chi connectivity index (χ1n) is 8.07. The van der Waals surface area contributed by atoms with Gasteiger partial charge in [-0.1, -0.05) is 47.7 Å². The van der Waals surface area contributed by atoms with Gasteiger partial charge in [0.25, 0.3) is 5.91 Å². The Kier molecular flexibility index (Phi) is 4.07. The molecule has 1 amide bonds. The van der Waals surface area contributed by atoms with Gasteiger partial charge in [0.2, 0.25) is 0 Å². The molecule has 25 heavy (non-hydrogen) atoms. The zero-order valence-electron chi connectivity index (χ0n) is 13.7. The molecule has 0 spiro atoms. The molecule has 3 aromatic carbocycles. The predicted molar refractivity (Wildman–Crippen MR) is 103 cm³/mol. The topological polar surface area (TPSA) is 51.2 Å². The molecule has 124 valence electrons. The Morgan fingerprint density at radius 3 is 2.84 bits per heavy atom. The van der Waals surface area contributed by atoms with Crippen LogP contribution in [0.1, 0.15) is 17.3 Å². The van der Waals surface area contributed by atoms with E-state index in [1.807, 2.05) is 67.6 Å². The van der Waals surface area contributed by atoms with Crippen molar-refractivity contribution in [3.8, 4) is 5.75 Å². The van der Waals surface area contributed by atoms with Crippen molar-refractivity contribution in [2.24, 2.45) is 0 Å². The van der Waals surface area contributed by atoms with Gasteiger partial charge in [-0.2, -0.15) is 0 Å². The molecule has 4 nitrogen and oxygen atoms in total. The third-order valence-corrected chi connectivity index (χ3v) is 4.86. The highest BCUT2D eigenvalue weighted by atomic mass is 32.1. The summed E-state index contributed by atoms with van der Waals surface area (Å²) in [6, 6.07) is 19.3. The molecule has 0 fully saturated rings. The second kappa shape index (κ2) is 6.53. The Balaban J connectivity index is 1.65. The fourth-order valence-electron chi connectivity index (χ4n) is 2.80. The average molecular weight is 348 g/mol. The van der Waals surface area contributed by atoms with Crippen LogP contribution < -0.4 is 10.1 Å². The minimum absolute atomic E-state index is 0.152. The number of hydrogen-bond donors (Lipinski definition) is 1. The van der Waals surface area contributed by atoms with E-state index in [1.165, 1.54) is 11.3 Å². The predicted octanol–water partition coefficient (Wildman–Crippen LogP) is 5.10. The van der Waals surface area contributed by atoms with E-state index in [0.29, 0.717) is 17.3 Å². The van der Waals surface area contributed by atoms with Crippen molar-refractivity contribution >= 4 is 43.4 Å². The molecule has 4 rings (SSSR count). The smallest absolute Gasteiger partial charge is 0.258 e. The third-order valence-electron chi connectivity index (χ3n) is 3.93. The summed E-state index contributed by atoms with van der Waals surface area (Å²) in [5.74, 6) is 0.659. The first kappa shape index (κ1) is 15.6. The zero-order valence-corrected chi connectivity index (χ0v) is 14.5. The van der Waals surface area contributed by atoms with Crippen LogP contribution in [0.15, 0.2) is 60.7 Å². The number of thiazole rings is 1. The highest BCUT2D eigenvalue weighted by molar-refractivity contribution is 7.22. The summed E-state index contributed by atoms with van der Waals surface area (Å²) in [7, 11) is 0. The van der Waals surface area contributed by atoms with Gasteiger partial charge in [-0.3, -0.25) is 10.1 Å². The molecule has 1 N–H and O–H groups in total. The highest BCUT2D eigenvalue weighted by Crippen LogP contribution is 2.30. The molecule has 5 heteroatoms. The number of amides is 1. The quantitative estimate of drug-likeness (QED) is 0.558. The minimum Gasteiger partial charge on any atom is -0.494 e. The monoisotopic (exact) mass is 348 g/mol. The average Bonchev–Trinajstić information content (AvgIpc) is 3.03. The minimum atomic E-state index is -0.152. The van der Waals surface area contributed by atoms with Crippen molar-refractivity contribution in [3.63, 3.8) is 0 Å². The summed E-state index contributed by atoms with van der Waals surface area (Å²) in [4.78, 5) is 17.2. The fraction of sp³-hybridized carbons (Fsp3) is 0.100. The van der Waals surface area contributed by atoms with Gasteiger partial charge in [0.05, 0.1) is 16.8 Å². The van der Waals surface area contributed by atoms with Crippen LogP contribution in [0.5, 0.6) is 5.75 Å². The van der Waals surface area contributed by atoms with E-state index in [2.05, 4.69) is 10.3 Å². The molecule has 0 radical (unpaired) electrons. The van der Waals surface area contributed by atoms with Crippen LogP contribution in [0, 0.1) is 0 Å². The van der Waals surface area contributed by atoms with Crippen molar-refractivity contribution in [1.82, 2.24) is 4.98 Å². The molecule has 4 aromatic rings. The Morgan fingerprint density at radius 2 is 1.96 bits per heavy atom. The number of rotatable bonds is 4. The summed E-state index contributed by atoms with van der Waals surface area (Å²) in [5, 5.41) is 5.48. The summed E-state index contributed by atoms with van der Waals surface area (Å²) < 4.78 is 6.50. The second-order valence-electron chi connectivity index (χ2n) is 5.56. The van der Waals surface area contributed by atoms with Gasteiger partial charge in [-0.25, -0.2) is 4.98 Å². The number of anilines is 1. The van der Waals surface area contributed by atoms with Gasteiger partial charge in [0, 0.05) is 5.56 Å². The molecule has 0 saturated carbocycles. The number of ether oxygens (including phenoxy) is 1. The first-order valence-corrected chi connectivity index (χ1v) is 8.89. The number of fused-ring (bicyclic) bond motifs is 2. The third kappa shape index (κ3) is 3.06. The van der Waals surface area contributed by atoms with E-state index in [9.17, 15) is 4.79 Å². The van der Waals surface area contributed by atoms with Gasteiger partial charge in [-0.15, -0.1) is 0 Å². The van der Waals surface area contributed by atoms with Crippen molar-refractivity contribution in [3.05, 3.63) is 66.2 Å². The van der Waals surface area contributed by atoms with E-state index < -0.39 is 0 Å². The SMILES string of the molecule is CCOc1ccc2nc(NC(=O)c3cccc4ccccc34)sc2c1. The normalized spacial score (nSPS) is 10.9. The van der Waals surface area contributed by atoms with E-state index in [-0.39, 0.29) is 5.91 Å². The molecular weight excluding hydrogens is 332 g/mol. The molecule has 0 aliphatic rings. The largest absolute Gasteiger partial charge is 0.494 e. The van der Waals surface area contributed by atoms with Crippen molar-refractivity contribution in [2.75, 3.05) is 11.9 Å². The van der Waals surface area contributed by atoms with Crippen LogP contribution in [0.25, 0.3) is 21.0 Å². The zero-order chi connectivity index (χ0) is 17.2. The number of nitrogens with one attached hydrogen (secondary N) is 1. The van der Waals surface area contributed by atoms with Crippen LogP contribution in [0.3, 0.4) is 0 Å². The number of hydrogen-bond acceptors (Lipinski definition) is 4. The maximum Gasteiger partial charge on any atom is 0.258 e. The number of aromatic nitrogens is 1. The standard InChI is InChI=1S/C20H16N2O2S/c1-2-24-14-10-11-17-18(12-14)25-20(21-17)22-19(23)16-9-5-7-13-6-3-4-8-15(13)16/h3-12H,2H2,1H3,(H,21,22,23). The summed E-state index contributed by atoms with van der Waals surface area (Å²) in [5.41, 5.74) is 1.49. The highest BCUT2D eigenvalue weighted by Gasteiger charge is 2.13. The van der Waals surface area contributed by atoms with Crippen LogP contribution in [0.4, 0.5) is 5.13 Å². The number of carbonyl (C=O) groups is 1. The Hall–Kier alpha value is -2.92. The van der Waals surface area contributed by atoms with Crippen LogP contribution in [-0.4, -0.2) is 17.5 Å². The van der Waals surface area contributed by atoms with Crippen LogP contribution in [0.2, 0.25) is 0 Å². The van der Waals surface area contributed by atoms with Crippen molar-refractivity contribution in [2.45, 2.75) is 6.92 Å². The van der Waals surface area contributed by atoms with Gasteiger partial charge >= 0.3 is 0 Å². The Bertz CT molecular complexity index is 1070. The maximum atomic E-state index is 12.7. The maximum absolute atomic E-state index is 12.7. The molecule has 1 heterocycles. The first-order chi connectivity index (χ1) is 12.2. The van der Waals surface area contributed by atoms with E-state index in [1.54, 1.807) is 0 Å². The van der Waals surface area contributed by atoms with E-state index >= 15 is 0 Å². The van der Waals surface area contributed by atoms with Gasteiger partial charge in [0.1, 0.15) is 5.75 Å². The molecule has 1 aromatic heterocycles. The van der Waals surface area contributed by atoms with Crippen LogP contribution in [-0.2, 0) is 0 Å². The van der Waals surface area contributed by atoms with Crippen LogP contribution >= 0.6 is 11.3 Å². The lowest BCUT2D eigenvalue weighted by Crippen LogP contribution is -2.12. The summed E-state index contributed by atoms with van der Waals surface area (Å²) >= 11 is 1.44. The molecule has 0 saturated heterocycles. The molecule has 0 atom stereocenters. The molecule has 0 unspecified atom stereocenters. The number of carbonyl (C=O) groups excluding carboxylic acids is 1. The summed E-state index contributed by atoms with van der Waals surface area (Å²) in [6.07, 6.45) is 0. The number of nitrogens with zero attached hydrogens (tertiary/aromatic N) is 1. The molecular formula is C20H16N2O2S. The van der Waals surface area contributed by atoms with E-state index in [0.717, 1.165) is 26.7 Å². The van der Waals surface area contributed by atoms with Gasteiger partial charge < -0.3 is 4.74 Å².